The molecule has 0 amide bonds. The molecule has 1 heterocycles. The van der Waals surface area contributed by atoms with Crippen molar-refractivity contribution < 1.29 is 22.9 Å². The van der Waals surface area contributed by atoms with E-state index in [1.54, 1.807) is 13.8 Å². The van der Waals surface area contributed by atoms with Crippen LogP contribution in [0.1, 0.15) is 13.8 Å². The van der Waals surface area contributed by atoms with Crippen molar-refractivity contribution in [2.45, 2.75) is 24.1 Å². The molecular formula is C10H13ClN2O6S2. The maximum absolute atomic E-state index is 12.2. The number of nitrogens with zero attached hydrogens (tertiary/aromatic N) is 1. The monoisotopic (exact) mass is 356 g/mol. The molecule has 0 saturated heterocycles. The Morgan fingerprint density at radius 2 is 2.10 bits per heavy atom. The SMILES string of the molecule is COC(=O)[C@@H](NS(=O)(=O)c1cc([N+](=O)[O-])c(Cl)s1)C(C)C. The molecule has 0 bridgehead atoms. The summed E-state index contributed by atoms with van der Waals surface area (Å²) in [6.07, 6.45) is 0. The van der Waals surface area contributed by atoms with Gasteiger partial charge in [0, 0.05) is 6.07 Å². The van der Waals surface area contributed by atoms with E-state index in [9.17, 15) is 23.3 Å². The third kappa shape index (κ3) is 4.13. The first-order valence-electron chi connectivity index (χ1n) is 5.64. The number of halogens is 1. The minimum atomic E-state index is -4.12. The minimum Gasteiger partial charge on any atom is -0.468 e. The Morgan fingerprint density at radius 1 is 1.52 bits per heavy atom. The van der Waals surface area contributed by atoms with Crippen LogP contribution in [0.15, 0.2) is 10.3 Å². The molecule has 11 heteroatoms. The molecule has 0 aromatic carbocycles. The molecule has 0 saturated carbocycles. The number of hydrogen-bond donors (Lipinski definition) is 1. The van der Waals surface area contributed by atoms with Gasteiger partial charge in [0.15, 0.2) is 4.34 Å². The summed E-state index contributed by atoms with van der Waals surface area (Å²) in [6, 6.07) is -0.246. The highest BCUT2D eigenvalue weighted by Crippen LogP contribution is 2.36. The number of sulfonamides is 1. The first-order valence-corrected chi connectivity index (χ1v) is 8.31. The first kappa shape index (κ1) is 17.8. The van der Waals surface area contributed by atoms with E-state index in [0.29, 0.717) is 11.3 Å². The third-order valence-corrected chi connectivity index (χ3v) is 5.76. The summed E-state index contributed by atoms with van der Waals surface area (Å²) in [4.78, 5) is 21.5. The number of ether oxygens (including phenoxy) is 1. The standard InChI is InChI=1S/C10H13ClN2O6S2/c1-5(2)8(10(14)19-3)12-21(17,18)7-4-6(13(15)16)9(11)20-7/h4-5,8,12H,1-3H3/t8-/m0/s1. The van der Waals surface area contributed by atoms with Gasteiger partial charge in [0.25, 0.3) is 15.7 Å². The molecule has 0 aliphatic rings. The molecule has 21 heavy (non-hydrogen) atoms. The number of hydrogen-bond acceptors (Lipinski definition) is 7. The van der Waals surface area contributed by atoms with Crippen LogP contribution >= 0.6 is 22.9 Å². The van der Waals surface area contributed by atoms with Crippen molar-refractivity contribution in [1.82, 2.24) is 4.72 Å². The Kier molecular flexibility index (Phi) is 5.68. The quantitative estimate of drug-likeness (QED) is 0.472. The zero-order valence-corrected chi connectivity index (χ0v) is 13.7. The lowest BCUT2D eigenvalue weighted by atomic mass is 10.1. The summed E-state index contributed by atoms with van der Waals surface area (Å²) >= 11 is 6.17. The van der Waals surface area contributed by atoms with Gasteiger partial charge in [0.05, 0.1) is 12.0 Å². The van der Waals surface area contributed by atoms with Gasteiger partial charge in [-0.15, -0.1) is 11.3 Å². The van der Waals surface area contributed by atoms with Crippen molar-refractivity contribution in [3.63, 3.8) is 0 Å². The van der Waals surface area contributed by atoms with Gasteiger partial charge in [-0.1, -0.05) is 25.4 Å². The van der Waals surface area contributed by atoms with Crippen molar-refractivity contribution >= 4 is 44.6 Å². The molecular weight excluding hydrogens is 344 g/mol. The fourth-order valence-electron chi connectivity index (χ4n) is 1.40. The van der Waals surface area contributed by atoms with Gasteiger partial charge in [0.1, 0.15) is 10.3 Å². The highest BCUT2D eigenvalue weighted by Gasteiger charge is 2.32. The Hall–Kier alpha value is -1.23. The summed E-state index contributed by atoms with van der Waals surface area (Å²) in [6.45, 7) is 3.27. The summed E-state index contributed by atoms with van der Waals surface area (Å²) in [5.74, 6) is -1.11. The average molecular weight is 357 g/mol. The van der Waals surface area contributed by atoms with Gasteiger partial charge in [0.2, 0.25) is 0 Å². The van der Waals surface area contributed by atoms with E-state index in [0.717, 1.165) is 13.2 Å². The smallest absolute Gasteiger partial charge is 0.324 e. The maximum atomic E-state index is 12.2. The molecule has 0 fully saturated rings. The van der Waals surface area contributed by atoms with Crippen LogP contribution in [-0.4, -0.2) is 32.5 Å². The number of esters is 1. The molecule has 0 radical (unpaired) electrons. The first-order chi connectivity index (χ1) is 9.60. The molecule has 8 nitrogen and oxygen atoms in total. The lowest BCUT2D eigenvalue weighted by Gasteiger charge is -2.19. The largest absolute Gasteiger partial charge is 0.468 e. The molecule has 0 spiro atoms. The normalized spacial score (nSPS) is 13.2. The summed E-state index contributed by atoms with van der Waals surface area (Å²) in [5, 5.41) is 10.7. The molecule has 0 aliphatic heterocycles. The fourth-order valence-corrected chi connectivity index (χ4v) is 4.42. The summed E-state index contributed by atoms with van der Waals surface area (Å²) < 4.78 is 30.4. The Balaban J connectivity index is 3.13. The topological polar surface area (TPSA) is 116 Å². The van der Waals surface area contributed by atoms with Crippen molar-refractivity contribution in [3.8, 4) is 0 Å². The van der Waals surface area contributed by atoms with E-state index in [2.05, 4.69) is 9.46 Å². The van der Waals surface area contributed by atoms with Crippen molar-refractivity contribution in [1.29, 1.82) is 0 Å². The second-order valence-corrected chi connectivity index (χ2v) is 7.94. The van der Waals surface area contributed by atoms with E-state index in [-0.39, 0.29) is 14.5 Å². The predicted octanol–water partition coefficient (Wildman–Crippen LogP) is 1.79. The van der Waals surface area contributed by atoms with E-state index in [1.165, 1.54) is 0 Å². The van der Waals surface area contributed by atoms with Gasteiger partial charge in [-0.25, -0.2) is 8.42 Å². The Bertz CT molecular complexity index is 655. The number of methoxy groups -OCH3 is 1. The van der Waals surface area contributed by atoms with Crippen LogP contribution in [0.4, 0.5) is 5.69 Å². The third-order valence-electron chi connectivity index (χ3n) is 2.51. The molecule has 0 aliphatic carbocycles. The van der Waals surface area contributed by atoms with Gasteiger partial charge >= 0.3 is 5.97 Å². The Labute approximate surface area is 130 Å². The van der Waals surface area contributed by atoms with Crippen LogP contribution in [-0.2, 0) is 19.6 Å². The van der Waals surface area contributed by atoms with Crippen LogP contribution < -0.4 is 4.72 Å². The van der Waals surface area contributed by atoms with E-state index < -0.39 is 32.6 Å². The zero-order chi connectivity index (χ0) is 16.4. The number of thiophene rings is 1. The lowest BCUT2D eigenvalue weighted by molar-refractivity contribution is -0.384. The molecule has 1 rings (SSSR count). The van der Waals surface area contributed by atoms with Crippen LogP contribution in [0.3, 0.4) is 0 Å². The zero-order valence-electron chi connectivity index (χ0n) is 11.3. The molecule has 1 atom stereocenters. The highest BCUT2D eigenvalue weighted by molar-refractivity contribution is 7.91. The fraction of sp³-hybridized carbons (Fsp3) is 0.500. The van der Waals surface area contributed by atoms with E-state index in [4.69, 9.17) is 11.6 Å². The number of rotatable bonds is 6. The second-order valence-electron chi connectivity index (χ2n) is 4.35. The van der Waals surface area contributed by atoms with Crippen molar-refractivity contribution in [2.24, 2.45) is 5.92 Å². The molecule has 1 aromatic heterocycles. The average Bonchev–Trinajstić information content (AvgIpc) is 2.78. The lowest BCUT2D eigenvalue weighted by Crippen LogP contribution is -2.44. The molecule has 1 N–H and O–H groups in total. The highest BCUT2D eigenvalue weighted by atomic mass is 35.5. The Morgan fingerprint density at radius 3 is 2.48 bits per heavy atom. The molecule has 118 valence electrons. The van der Waals surface area contributed by atoms with Gasteiger partial charge in [-0.05, 0) is 5.92 Å². The van der Waals surface area contributed by atoms with Gasteiger partial charge in [-0.2, -0.15) is 4.72 Å². The van der Waals surface area contributed by atoms with Gasteiger partial charge in [-0.3, -0.25) is 14.9 Å². The van der Waals surface area contributed by atoms with Crippen LogP contribution in [0.25, 0.3) is 0 Å². The van der Waals surface area contributed by atoms with Crippen LogP contribution in [0.2, 0.25) is 4.34 Å². The summed E-state index contributed by atoms with van der Waals surface area (Å²) in [5.41, 5.74) is -0.499. The molecule has 0 unspecified atom stereocenters. The van der Waals surface area contributed by atoms with E-state index in [1.807, 2.05) is 0 Å². The van der Waals surface area contributed by atoms with E-state index >= 15 is 0 Å². The number of nitro groups is 1. The number of nitrogens with one attached hydrogen (secondary N) is 1. The van der Waals surface area contributed by atoms with Crippen LogP contribution in [0.5, 0.6) is 0 Å². The molecule has 1 aromatic rings. The van der Waals surface area contributed by atoms with Crippen molar-refractivity contribution in [3.05, 3.63) is 20.5 Å². The van der Waals surface area contributed by atoms with Crippen molar-refractivity contribution in [2.75, 3.05) is 7.11 Å². The van der Waals surface area contributed by atoms with Gasteiger partial charge < -0.3 is 4.74 Å². The number of carbonyl (C=O) groups is 1. The number of carbonyl (C=O) groups excluding carboxylic acids is 1. The maximum Gasteiger partial charge on any atom is 0.324 e. The van der Waals surface area contributed by atoms with Crippen LogP contribution in [0, 0.1) is 16.0 Å². The minimum absolute atomic E-state index is 0.250. The second kappa shape index (κ2) is 6.69. The summed E-state index contributed by atoms with van der Waals surface area (Å²) in [7, 11) is -2.98. The predicted molar refractivity (Wildman–Crippen MR) is 76.9 cm³/mol.